The molecule has 3 aromatic carbocycles. The average Bonchev–Trinajstić information content (AvgIpc) is 3.80. The second-order valence-electron chi connectivity index (χ2n) is 13.1. The molecule has 0 aliphatic carbocycles. The lowest BCUT2D eigenvalue weighted by Crippen LogP contribution is -2.41. The normalized spacial score (nSPS) is 16.1. The van der Waals surface area contributed by atoms with Gasteiger partial charge >= 0.3 is 0 Å². The SMILES string of the molecule is CN(C)CCNC(=O)C1Cc2ccc(NC(=O)c3ccc4[nH]c(C(=O)Nc5ccc6c(c5)NC(C(=O)NCCN(C)C)C6)cc4c3)cc2N1. The van der Waals surface area contributed by atoms with Crippen molar-refractivity contribution in [2.24, 2.45) is 0 Å². The van der Waals surface area contributed by atoms with Crippen molar-refractivity contribution in [3.63, 3.8) is 0 Å². The van der Waals surface area contributed by atoms with E-state index in [0.717, 1.165) is 46.5 Å². The van der Waals surface area contributed by atoms with Crippen LogP contribution in [0.3, 0.4) is 0 Å². The first kappa shape index (κ1) is 33.5. The molecule has 0 saturated heterocycles. The van der Waals surface area contributed by atoms with Gasteiger partial charge in [0, 0.05) is 78.2 Å². The first-order valence-corrected chi connectivity index (χ1v) is 16.4. The lowest BCUT2D eigenvalue weighted by molar-refractivity contribution is -0.122. The summed E-state index contributed by atoms with van der Waals surface area (Å²) in [7, 11) is 7.84. The fourth-order valence-electron chi connectivity index (χ4n) is 6.02. The zero-order valence-corrected chi connectivity index (χ0v) is 28.2. The highest BCUT2D eigenvalue weighted by Crippen LogP contribution is 2.31. The van der Waals surface area contributed by atoms with Gasteiger partial charge in [-0.2, -0.15) is 0 Å². The van der Waals surface area contributed by atoms with E-state index in [1.54, 1.807) is 24.3 Å². The number of hydrogen-bond acceptors (Lipinski definition) is 8. The summed E-state index contributed by atoms with van der Waals surface area (Å²) in [6, 6.07) is 17.4. The topological polar surface area (TPSA) is 163 Å². The first-order valence-electron chi connectivity index (χ1n) is 16.4. The Morgan fingerprint density at radius 2 is 1.20 bits per heavy atom. The number of amides is 4. The molecule has 0 saturated carbocycles. The predicted octanol–water partition coefficient (Wildman–Crippen LogP) is 2.70. The molecular weight excluding hydrogens is 622 g/mol. The van der Waals surface area contributed by atoms with E-state index in [1.165, 1.54) is 0 Å². The van der Waals surface area contributed by atoms with Gasteiger partial charge < -0.3 is 46.7 Å². The Morgan fingerprint density at radius 3 is 1.73 bits per heavy atom. The third-order valence-electron chi connectivity index (χ3n) is 8.72. The van der Waals surface area contributed by atoms with Crippen molar-refractivity contribution in [1.82, 2.24) is 25.4 Å². The molecular formula is C36H43N9O4. The third kappa shape index (κ3) is 8.02. The maximum absolute atomic E-state index is 13.2. The highest BCUT2D eigenvalue weighted by Gasteiger charge is 2.28. The van der Waals surface area contributed by atoms with Crippen molar-refractivity contribution in [2.45, 2.75) is 24.9 Å². The first-order chi connectivity index (χ1) is 23.5. The summed E-state index contributed by atoms with van der Waals surface area (Å²) < 4.78 is 0. The van der Waals surface area contributed by atoms with Gasteiger partial charge in [0.25, 0.3) is 11.8 Å². The highest BCUT2D eigenvalue weighted by atomic mass is 16.2. The van der Waals surface area contributed by atoms with Gasteiger partial charge in [-0.05, 0) is 87.8 Å². The smallest absolute Gasteiger partial charge is 0.272 e. The summed E-state index contributed by atoms with van der Waals surface area (Å²) in [6.07, 6.45) is 1.16. The predicted molar refractivity (Wildman–Crippen MR) is 192 cm³/mol. The van der Waals surface area contributed by atoms with Crippen molar-refractivity contribution < 1.29 is 19.2 Å². The van der Waals surface area contributed by atoms with Crippen LogP contribution in [0, 0.1) is 0 Å². The number of benzene rings is 3. The molecule has 2 unspecified atom stereocenters. The van der Waals surface area contributed by atoms with E-state index in [-0.39, 0.29) is 35.7 Å². The van der Waals surface area contributed by atoms with E-state index in [1.807, 2.05) is 74.4 Å². The van der Waals surface area contributed by atoms with Gasteiger partial charge in [0.2, 0.25) is 11.8 Å². The number of fused-ring (bicyclic) bond motifs is 3. The molecule has 0 spiro atoms. The van der Waals surface area contributed by atoms with Crippen LogP contribution in [0.4, 0.5) is 22.7 Å². The van der Waals surface area contributed by atoms with Gasteiger partial charge in [0.1, 0.15) is 17.8 Å². The highest BCUT2D eigenvalue weighted by molar-refractivity contribution is 6.09. The minimum Gasteiger partial charge on any atom is -0.373 e. The van der Waals surface area contributed by atoms with E-state index in [2.05, 4.69) is 36.9 Å². The van der Waals surface area contributed by atoms with Gasteiger partial charge in [-0.25, -0.2) is 0 Å². The Hall–Kier alpha value is -5.40. The number of H-pyrrole nitrogens is 1. The van der Waals surface area contributed by atoms with Crippen LogP contribution in [0.5, 0.6) is 0 Å². The maximum atomic E-state index is 13.2. The van der Waals surface area contributed by atoms with Crippen molar-refractivity contribution in [1.29, 1.82) is 0 Å². The molecule has 0 fully saturated rings. The number of aromatic nitrogens is 1. The van der Waals surface area contributed by atoms with Crippen LogP contribution in [0.15, 0.2) is 60.7 Å². The van der Waals surface area contributed by atoms with Crippen molar-refractivity contribution >= 4 is 57.3 Å². The van der Waals surface area contributed by atoms with Gasteiger partial charge in [-0.15, -0.1) is 0 Å². The molecule has 2 aliphatic rings. The number of anilines is 4. The van der Waals surface area contributed by atoms with Gasteiger partial charge in [-0.1, -0.05) is 12.1 Å². The largest absolute Gasteiger partial charge is 0.373 e. The second-order valence-corrected chi connectivity index (χ2v) is 13.1. The molecule has 2 atom stereocenters. The fourth-order valence-corrected chi connectivity index (χ4v) is 6.02. The molecule has 256 valence electrons. The zero-order valence-electron chi connectivity index (χ0n) is 28.2. The zero-order chi connectivity index (χ0) is 34.7. The van der Waals surface area contributed by atoms with Crippen LogP contribution in [0.25, 0.3) is 10.9 Å². The van der Waals surface area contributed by atoms with Crippen LogP contribution in [-0.4, -0.2) is 105 Å². The Bertz CT molecular complexity index is 1800. The number of nitrogens with zero attached hydrogens (tertiary/aromatic N) is 2. The minimum absolute atomic E-state index is 0.0496. The Kier molecular flexibility index (Phi) is 9.83. The number of nitrogens with one attached hydrogen (secondary N) is 7. The Balaban J connectivity index is 1.04. The van der Waals surface area contributed by atoms with Gasteiger partial charge in [-0.3, -0.25) is 19.2 Å². The second kappa shape index (κ2) is 14.4. The fraction of sp³-hybridized carbons (Fsp3) is 0.333. The van der Waals surface area contributed by atoms with Crippen LogP contribution in [-0.2, 0) is 22.4 Å². The van der Waals surface area contributed by atoms with Crippen LogP contribution in [0.2, 0.25) is 0 Å². The monoisotopic (exact) mass is 665 g/mol. The molecule has 0 bridgehead atoms. The van der Waals surface area contributed by atoms with Crippen molar-refractivity contribution in [3.8, 4) is 0 Å². The van der Waals surface area contributed by atoms with E-state index in [4.69, 9.17) is 0 Å². The average molecular weight is 666 g/mol. The number of rotatable bonds is 12. The Morgan fingerprint density at radius 1 is 0.673 bits per heavy atom. The number of aromatic amines is 1. The summed E-state index contributed by atoms with van der Waals surface area (Å²) in [6.45, 7) is 2.68. The lowest BCUT2D eigenvalue weighted by atomic mass is 10.1. The van der Waals surface area contributed by atoms with Crippen molar-refractivity contribution in [3.05, 3.63) is 83.0 Å². The quantitative estimate of drug-likeness (QED) is 0.122. The molecule has 0 radical (unpaired) electrons. The molecule has 2 aliphatic heterocycles. The summed E-state index contributed by atoms with van der Waals surface area (Å²) in [5, 5.41) is 19.0. The number of hydrogen-bond donors (Lipinski definition) is 7. The molecule has 13 heteroatoms. The van der Waals surface area contributed by atoms with Crippen LogP contribution >= 0.6 is 0 Å². The number of likely N-dealkylation sites (N-methyl/N-ethyl adjacent to an activating group) is 2. The lowest BCUT2D eigenvalue weighted by Gasteiger charge is -2.14. The van der Waals surface area contributed by atoms with Crippen LogP contribution in [0.1, 0.15) is 32.0 Å². The van der Waals surface area contributed by atoms with E-state index in [0.29, 0.717) is 48.6 Å². The molecule has 49 heavy (non-hydrogen) atoms. The number of carbonyl (C=O) groups excluding carboxylic acids is 4. The summed E-state index contributed by atoms with van der Waals surface area (Å²) >= 11 is 0. The molecule has 13 nitrogen and oxygen atoms in total. The van der Waals surface area contributed by atoms with Gasteiger partial charge in [0.15, 0.2) is 0 Å². The third-order valence-corrected chi connectivity index (χ3v) is 8.72. The van der Waals surface area contributed by atoms with E-state index in [9.17, 15) is 19.2 Å². The molecule has 4 aromatic rings. The molecule has 4 amide bonds. The van der Waals surface area contributed by atoms with Crippen molar-refractivity contribution in [2.75, 3.05) is 75.6 Å². The molecule has 3 heterocycles. The van der Waals surface area contributed by atoms with E-state index >= 15 is 0 Å². The molecule has 6 rings (SSSR count). The van der Waals surface area contributed by atoms with Crippen LogP contribution < -0.4 is 31.9 Å². The summed E-state index contributed by atoms with van der Waals surface area (Å²) in [4.78, 5) is 58.7. The molecule has 7 N–H and O–H groups in total. The maximum Gasteiger partial charge on any atom is 0.272 e. The number of carbonyl (C=O) groups is 4. The minimum atomic E-state index is -0.355. The summed E-state index contributed by atoms with van der Waals surface area (Å²) in [5.74, 6) is -0.718. The van der Waals surface area contributed by atoms with Gasteiger partial charge in [0.05, 0.1) is 0 Å². The molecule has 1 aromatic heterocycles. The standard InChI is InChI=1S/C36H43N9O4/c1-44(2)13-11-37-34(47)30-16-21-5-8-25(19-28(21)42-30)39-33(46)23-7-10-27-24(15-23)18-32(41-27)36(49)40-26-9-6-22-17-31(43-29(22)20-26)35(48)38-12-14-45(3)4/h5-10,15,18-20,30-31,41-43H,11-14,16-17H2,1-4H3,(H,37,47)(H,38,48)(H,39,46)(H,40,49). The summed E-state index contributed by atoms with van der Waals surface area (Å²) in [5.41, 5.74) is 6.39. The Labute approximate surface area is 285 Å². The van der Waals surface area contributed by atoms with E-state index < -0.39 is 0 Å².